The van der Waals surface area contributed by atoms with Crippen molar-refractivity contribution in [3.05, 3.63) is 60.3 Å². The van der Waals surface area contributed by atoms with Crippen LogP contribution >= 0.6 is 0 Å². The summed E-state index contributed by atoms with van der Waals surface area (Å²) >= 11 is 0. The number of anilines is 1. The maximum Gasteiger partial charge on any atom is 0.228 e. The molecule has 3 aromatic rings. The third kappa shape index (κ3) is 5.57. The highest BCUT2D eigenvalue weighted by molar-refractivity contribution is 5.46. The molecule has 0 aliphatic carbocycles. The van der Waals surface area contributed by atoms with Crippen LogP contribution in [0, 0.1) is 0 Å². The Morgan fingerprint density at radius 2 is 1.83 bits per heavy atom. The molecule has 0 N–H and O–H groups in total. The lowest BCUT2D eigenvalue weighted by molar-refractivity contribution is 0.0522. The lowest BCUT2D eigenvalue weighted by atomic mass is 10.1. The Morgan fingerprint density at radius 1 is 0.944 bits per heavy atom. The van der Waals surface area contributed by atoms with E-state index in [9.17, 15) is 0 Å². The van der Waals surface area contributed by atoms with Crippen LogP contribution in [-0.2, 0) is 6.54 Å². The average molecular weight is 493 g/mol. The number of benzene rings is 2. The van der Waals surface area contributed by atoms with Crippen molar-refractivity contribution in [2.24, 2.45) is 0 Å². The van der Waals surface area contributed by atoms with Crippen LogP contribution in [0.2, 0.25) is 0 Å². The Kier molecular flexibility index (Phi) is 7.56. The molecule has 9 nitrogen and oxygen atoms in total. The smallest absolute Gasteiger partial charge is 0.228 e. The van der Waals surface area contributed by atoms with Gasteiger partial charge in [-0.05, 0) is 24.6 Å². The highest BCUT2D eigenvalue weighted by Gasteiger charge is 2.22. The largest absolute Gasteiger partial charge is 0.493 e. The van der Waals surface area contributed by atoms with E-state index in [4.69, 9.17) is 23.7 Å². The fourth-order valence-corrected chi connectivity index (χ4v) is 4.54. The number of nitrogens with zero attached hydrogens (tertiary/aromatic N) is 4. The number of aromatic nitrogens is 2. The summed E-state index contributed by atoms with van der Waals surface area (Å²) in [5.74, 6) is 4.26. The molecule has 1 aromatic heterocycles. The fourth-order valence-electron chi connectivity index (χ4n) is 4.54. The Balaban J connectivity index is 1.17. The molecule has 1 atom stereocenters. The van der Waals surface area contributed by atoms with Crippen LogP contribution in [0.5, 0.6) is 28.9 Å². The zero-order valence-electron chi connectivity index (χ0n) is 20.8. The molecule has 190 valence electrons. The topological polar surface area (TPSA) is 78.4 Å². The fraction of sp³-hybridized carbons (Fsp3) is 0.407. The van der Waals surface area contributed by atoms with E-state index >= 15 is 0 Å². The molecule has 0 saturated carbocycles. The second-order valence-electron chi connectivity index (χ2n) is 8.77. The summed E-state index contributed by atoms with van der Waals surface area (Å²) in [4.78, 5) is 13.8. The zero-order valence-corrected chi connectivity index (χ0v) is 20.8. The first-order chi connectivity index (χ1) is 17.7. The highest BCUT2D eigenvalue weighted by atomic mass is 16.6. The first-order valence-corrected chi connectivity index (χ1v) is 12.2. The number of ether oxygens (including phenoxy) is 5. The van der Waals surface area contributed by atoms with E-state index in [0.29, 0.717) is 25.0 Å². The van der Waals surface area contributed by atoms with Crippen molar-refractivity contribution < 1.29 is 23.7 Å². The highest BCUT2D eigenvalue weighted by Crippen LogP contribution is 2.32. The molecule has 0 spiro atoms. The predicted octanol–water partition coefficient (Wildman–Crippen LogP) is 3.42. The summed E-state index contributed by atoms with van der Waals surface area (Å²) in [7, 11) is 3.35. The molecule has 1 saturated heterocycles. The number of hydrogen-bond donors (Lipinski definition) is 0. The van der Waals surface area contributed by atoms with Gasteiger partial charge in [0.15, 0.2) is 29.1 Å². The van der Waals surface area contributed by atoms with Gasteiger partial charge in [0.05, 0.1) is 14.2 Å². The van der Waals surface area contributed by atoms with E-state index in [1.54, 1.807) is 26.5 Å². The number of methoxy groups -OCH3 is 2. The van der Waals surface area contributed by atoms with E-state index in [0.717, 1.165) is 67.7 Å². The molecule has 2 aromatic carbocycles. The van der Waals surface area contributed by atoms with E-state index in [1.807, 2.05) is 36.4 Å². The quantitative estimate of drug-likeness (QED) is 0.470. The third-order valence-electron chi connectivity index (χ3n) is 6.35. The van der Waals surface area contributed by atoms with Crippen LogP contribution in [0.3, 0.4) is 0 Å². The van der Waals surface area contributed by atoms with Gasteiger partial charge in [0.25, 0.3) is 0 Å². The third-order valence-corrected chi connectivity index (χ3v) is 6.35. The van der Waals surface area contributed by atoms with Crippen LogP contribution < -0.4 is 28.6 Å². The molecule has 3 heterocycles. The van der Waals surface area contributed by atoms with Crippen molar-refractivity contribution in [2.45, 2.75) is 19.1 Å². The van der Waals surface area contributed by atoms with Crippen molar-refractivity contribution >= 4 is 5.95 Å². The Hall–Kier alpha value is -3.72. The summed E-state index contributed by atoms with van der Waals surface area (Å²) < 4.78 is 28.8. The minimum Gasteiger partial charge on any atom is -0.493 e. The molecule has 2 aliphatic rings. The van der Waals surface area contributed by atoms with Gasteiger partial charge in [-0.3, -0.25) is 4.90 Å². The Labute approximate surface area is 211 Å². The van der Waals surface area contributed by atoms with Gasteiger partial charge in [-0.15, -0.1) is 0 Å². The van der Waals surface area contributed by atoms with E-state index in [2.05, 4.69) is 25.8 Å². The molecular weight excluding hydrogens is 460 g/mol. The van der Waals surface area contributed by atoms with Gasteiger partial charge in [0.1, 0.15) is 13.2 Å². The van der Waals surface area contributed by atoms with Crippen LogP contribution in [-0.4, -0.2) is 74.6 Å². The first kappa shape index (κ1) is 24.0. The second-order valence-corrected chi connectivity index (χ2v) is 8.77. The molecule has 5 rings (SSSR count). The molecule has 1 unspecified atom stereocenters. The second kappa shape index (κ2) is 11.3. The molecule has 0 amide bonds. The van der Waals surface area contributed by atoms with Crippen LogP contribution in [0.1, 0.15) is 12.0 Å². The Bertz CT molecular complexity index is 1160. The number of fused-ring (bicyclic) bond motifs is 1. The van der Waals surface area contributed by atoms with Gasteiger partial charge >= 0.3 is 0 Å². The number of para-hydroxylation sites is 3. The normalized spacial score (nSPS) is 17.8. The maximum atomic E-state index is 5.98. The number of hydrogen-bond acceptors (Lipinski definition) is 9. The minimum atomic E-state index is -0.196. The molecule has 0 radical (unpaired) electrons. The lowest BCUT2D eigenvalue weighted by Crippen LogP contribution is -2.34. The van der Waals surface area contributed by atoms with Gasteiger partial charge in [0, 0.05) is 50.6 Å². The molecule has 0 bridgehead atoms. The van der Waals surface area contributed by atoms with Crippen molar-refractivity contribution in [3.8, 4) is 28.9 Å². The number of rotatable bonds is 8. The van der Waals surface area contributed by atoms with Crippen molar-refractivity contribution in [1.82, 2.24) is 14.9 Å². The van der Waals surface area contributed by atoms with Crippen molar-refractivity contribution in [2.75, 3.05) is 58.5 Å². The molecule has 1 fully saturated rings. The van der Waals surface area contributed by atoms with E-state index in [-0.39, 0.29) is 6.10 Å². The standard InChI is InChI=1S/C27H32N4O5/c1-32-24-10-5-7-20(26(24)33-2)17-30-13-6-14-31(16-15-30)27-28-12-11-25(29-27)35-19-21-18-34-22-8-3-4-9-23(22)36-21/h3-5,7-12,21H,6,13-19H2,1-2H3. The summed E-state index contributed by atoms with van der Waals surface area (Å²) in [6.07, 6.45) is 2.56. The average Bonchev–Trinajstić information content (AvgIpc) is 3.17. The van der Waals surface area contributed by atoms with Crippen LogP contribution in [0.4, 0.5) is 5.95 Å². The molecule has 36 heavy (non-hydrogen) atoms. The van der Waals surface area contributed by atoms with Gasteiger partial charge in [0.2, 0.25) is 11.8 Å². The lowest BCUT2D eigenvalue weighted by Gasteiger charge is -2.26. The summed E-state index contributed by atoms with van der Waals surface area (Å²) in [5.41, 5.74) is 1.12. The summed E-state index contributed by atoms with van der Waals surface area (Å²) in [6.45, 7) is 5.16. The van der Waals surface area contributed by atoms with Crippen LogP contribution in [0.25, 0.3) is 0 Å². The van der Waals surface area contributed by atoms with E-state index in [1.165, 1.54) is 0 Å². The van der Waals surface area contributed by atoms with E-state index < -0.39 is 0 Å². The monoisotopic (exact) mass is 492 g/mol. The molecular formula is C27H32N4O5. The Morgan fingerprint density at radius 3 is 2.69 bits per heavy atom. The van der Waals surface area contributed by atoms with Gasteiger partial charge in [-0.25, -0.2) is 4.98 Å². The first-order valence-electron chi connectivity index (χ1n) is 12.2. The van der Waals surface area contributed by atoms with Crippen LogP contribution in [0.15, 0.2) is 54.7 Å². The zero-order chi connectivity index (χ0) is 24.7. The predicted molar refractivity (Wildman–Crippen MR) is 136 cm³/mol. The van der Waals surface area contributed by atoms with Crippen molar-refractivity contribution in [1.29, 1.82) is 0 Å². The minimum absolute atomic E-state index is 0.196. The summed E-state index contributed by atoms with van der Waals surface area (Å²) in [5, 5.41) is 0. The molecule has 2 aliphatic heterocycles. The molecule has 9 heteroatoms. The van der Waals surface area contributed by atoms with Gasteiger partial charge < -0.3 is 28.6 Å². The van der Waals surface area contributed by atoms with Gasteiger partial charge in [-0.2, -0.15) is 4.98 Å². The summed E-state index contributed by atoms with van der Waals surface area (Å²) in [6, 6.07) is 15.5. The van der Waals surface area contributed by atoms with Gasteiger partial charge in [-0.1, -0.05) is 24.3 Å². The SMILES string of the molecule is COc1cccc(CN2CCCN(c3nccc(OCC4COc5ccccc5O4)n3)CC2)c1OC. The van der Waals surface area contributed by atoms with Crippen molar-refractivity contribution in [3.63, 3.8) is 0 Å². The maximum absolute atomic E-state index is 5.98.